The predicted octanol–water partition coefficient (Wildman–Crippen LogP) is 5.58. The van der Waals surface area contributed by atoms with Crippen molar-refractivity contribution in [1.82, 2.24) is 5.32 Å². The number of likely N-dealkylation sites (N-methyl/N-ethyl adjacent to an activating group) is 1. The van der Waals surface area contributed by atoms with Gasteiger partial charge in [-0.05, 0) is 48.4 Å². The molecule has 0 saturated heterocycles. The fraction of sp³-hybridized carbons (Fsp3) is 0.294. The number of benzene rings is 2. The van der Waals surface area contributed by atoms with Crippen LogP contribution in [0, 0.1) is 0 Å². The molecule has 21 heavy (non-hydrogen) atoms. The van der Waals surface area contributed by atoms with Gasteiger partial charge in [-0.25, -0.2) is 0 Å². The van der Waals surface area contributed by atoms with Crippen molar-refractivity contribution in [3.8, 4) is 0 Å². The highest BCUT2D eigenvalue weighted by Gasteiger charge is 2.16. The lowest BCUT2D eigenvalue weighted by Crippen LogP contribution is -2.22. The summed E-state index contributed by atoms with van der Waals surface area (Å²) in [6, 6.07) is 13.6. The highest BCUT2D eigenvalue weighted by Crippen LogP contribution is 2.30. The van der Waals surface area contributed by atoms with E-state index in [4.69, 9.17) is 34.8 Å². The Labute approximate surface area is 141 Å². The molecule has 1 unspecified atom stereocenters. The lowest BCUT2D eigenvalue weighted by molar-refractivity contribution is 0.595. The van der Waals surface area contributed by atoms with Crippen molar-refractivity contribution >= 4 is 34.8 Å². The first kappa shape index (κ1) is 16.6. The molecule has 0 amide bonds. The summed E-state index contributed by atoms with van der Waals surface area (Å²) in [5, 5.41) is 5.59. The van der Waals surface area contributed by atoms with Crippen molar-refractivity contribution in [2.45, 2.75) is 19.3 Å². The van der Waals surface area contributed by atoms with Gasteiger partial charge in [-0.15, -0.1) is 0 Å². The van der Waals surface area contributed by atoms with Gasteiger partial charge in [-0.3, -0.25) is 0 Å². The minimum absolute atomic E-state index is 0.305. The standard InChI is InChI=1S/C17H18Cl3N/c1-2-21-11-13(12-6-8-14(18)9-7-12)10-15-16(19)4-3-5-17(15)20/h3-9,13,21H,2,10-11H2,1H3. The molecule has 0 saturated carbocycles. The average molecular weight is 343 g/mol. The number of rotatable bonds is 6. The average Bonchev–Trinajstić information content (AvgIpc) is 2.47. The summed E-state index contributed by atoms with van der Waals surface area (Å²) >= 11 is 18.6. The first-order chi connectivity index (χ1) is 10.1. The van der Waals surface area contributed by atoms with Crippen LogP contribution in [0.2, 0.25) is 15.1 Å². The van der Waals surface area contributed by atoms with Crippen LogP contribution in [0.15, 0.2) is 42.5 Å². The summed E-state index contributed by atoms with van der Waals surface area (Å²) in [7, 11) is 0. The van der Waals surface area contributed by atoms with Crippen LogP contribution in [-0.2, 0) is 6.42 Å². The van der Waals surface area contributed by atoms with Gasteiger partial charge in [0.15, 0.2) is 0 Å². The SMILES string of the molecule is CCNCC(Cc1c(Cl)cccc1Cl)c1ccc(Cl)cc1. The maximum Gasteiger partial charge on any atom is 0.0453 e. The van der Waals surface area contributed by atoms with Crippen molar-refractivity contribution in [2.75, 3.05) is 13.1 Å². The maximum absolute atomic E-state index is 6.29. The number of halogens is 3. The Morgan fingerprint density at radius 3 is 2.14 bits per heavy atom. The van der Waals surface area contributed by atoms with Gasteiger partial charge in [0.05, 0.1) is 0 Å². The Hall–Kier alpha value is -0.730. The zero-order valence-electron chi connectivity index (χ0n) is 11.9. The second-order valence-electron chi connectivity index (χ2n) is 4.96. The van der Waals surface area contributed by atoms with Gasteiger partial charge in [-0.2, -0.15) is 0 Å². The van der Waals surface area contributed by atoms with Crippen LogP contribution in [0.4, 0.5) is 0 Å². The van der Waals surface area contributed by atoms with Crippen LogP contribution in [0.1, 0.15) is 24.0 Å². The number of hydrogen-bond acceptors (Lipinski definition) is 1. The van der Waals surface area contributed by atoms with E-state index in [1.165, 1.54) is 5.56 Å². The third-order valence-corrected chi connectivity index (χ3v) is 4.45. The van der Waals surface area contributed by atoms with Gasteiger partial charge in [0.1, 0.15) is 0 Å². The molecule has 0 aromatic heterocycles. The monoisotopic (exact) mass is 341 g/mol. The van der Waals surface area contributed by atoms with Crippen molar-refractivity contribution < 1.29 is 0 Å². The molecule has 0 fully saturated rings. The molecule has 0 heterocycles. The van der Waals surface area contributed by atoms with E-state index in [0.29, 0.717) is 5.92 Å². The fourth-order valence-corrected chi connectivity index (χ4v) is 3.01. The molecule has 0 aliphatic rings. The molecule has 0 aliphatic carbocycles. The van der Waals surface area contributed by atoms with E-state index in [1.54, 1.807) is 0 Å². The molecule has 0 radical (unpaired) electrons. The third-order valence-electron chi connectivity index (χ3n) is 3.49. The first-order valence-corrected chi connectivity index (χ1v) is 8.14. The van der Waals surface area contributed by atoms with E-state index in [0.717, 1.165) is 40.1 Å². The van der Waals surface area contributed by atoms with Crippen molar-refractivity contribution in [2.24, 2.45) is 0 Å². The second kappa shape index (κ2) is 8.05. The van der Waals surface area contributed by atoms with E-state index in [-0.39, 0.29) is 0 Å². The normalized spacial score (nSPS) is 12.4. The quantitative estimate of drug-likeness (QED) is 0.722. The minimum Gasteiger partial charge on any atom is -0.316 e. The molecule has 0 spiro atoms. The van der Waals surface area contributed by atoms with E-state index in [9.17, 15) is 0 Å². The third kappa shape index (κ3) is 4.62. The summed E-state index contributed by atoms with van der Waals surface area (Å²) in [6.07, 6.45) is 0.799. The van der Waals surface area contributed by atoms with Crippen molar-refractivity contribution in [1.29, 1.82) is 0 Å². The molecule has 112 valence electrons. The summed E-state index contributed by atoms with van der Waals surface area (Å²) < 4.78 is 0. The Balaban J connectivity index is 2.26. The fourth-order valence-electron chi connectivity index (χ4n) is 2.34. The van der Waals surface area contributed by atoms with Gasteiger partial charge in [-0.1, -0.05) is 59.9 Å². The van der Waals surface area contributed by atoms with Crippen LogP contribution in [0.25, 0.3) is 0 Å². The lowest BCUT2D eigenvalue weighted by Gasteiger charge is -2.19. The van der Waals surface area contributed by atoms with E-state index < -0.39 is 0 Å². The first-order valence-electron chi connectivity index (χ1n) is 7.01. The Morgan fingerprint density at radius 2 is 1.57 bits per heavy atom. The van der Waals surface area contributed by atoms with E-state index in [2.05, 4.69) is 24.4 Å². The molecule has 2 rings (SSSR count). The lowest BCUT2D eigenvalue weighted by atomic mass is 9.91. The van der Waals surface area contributed by atoms with E-state index in [1.807, 2.05) is 30.3 Å². The van der Waals surface area contributed by atoms with Crippen molar-refractivity contribution in [3.05, 3.63) is 68.7 Å². The highest BCUT2D eigenvalue weighted by atomic mass is 35.5. The molecule has 1 nitrogen and oxygen atoms in total. The summed E-state index contributed by atoms with van der Waals surface area (Å²) in [5.74, 6) is 0.305. The maximum atomic E-state index is 6.29. The number of hydrogen-bond donors (Lipinski definition) is 1. The van der Waals surface area contributed by atoms with Gasteiger partial charge in [0.25, 0.3) is 0 Å². The molecular weight excluding hydrogens is 325 g/mol. The van der Waals surface area contributed by atoms with Gasteiger partial charge < -0.3 is 5.32 Å². The smallest absolute Gasteiger partial charge is 0.0453 e. The zero-order chi connectivity index (χ0) is 15.2. The predicted molar refractivity (Wildman–Crippen MR) is 92.9 cm³/mol. The molecule has 2 aromatic rings. The molecular formula is C17H18Cl3N. The van der Waals surface area contributed by atoms with Gasteiger partial charge in [0.2, 0.25) is 0 Å². The van der Waals surface area contributed by atoms with Crippen LogP contribution < -0.4 is 5.32 Å². The molecule has 4 heteroatoms. The van der Waals surface area contributed by atoms with Crippen LogP contribution >= 0.6 is 34.8 Å². The zero-order valence-corrected chi connectivity index (χ0v) is 14.1. The summed E-state index contributed by atoms with van der Waals surface area (Å²) in [5.41, 5.74) is 2.23. The molecule has 1 atom stereocenters. The van der Waals surface area contributed by atoms with Gasteiger partial charge >= 0.3 is 0 Å². The summed E-state index contributed by atoms with van der Waals surface area (Å²) in [4.78, 5) is 0. The largest absolute Gasteiger partial charge is 0.316 e. The van der Waals surface area contributed by atoms with Crippen LogP contribution in [0.3, 0.4) is 0 Å². The number of nitrogens with one attached hydrogen (secondary N) is 1. The van der Waals surface area contributed by atoms with E-state index >= 15 is 0 Å². The Bertz CT molecular complexity index is 561. The molecule has 0 aliphatic heterocycles. The minimum atomic E-state index is 0.305. The van der Waals surface area contributed by atoms with Crippen LogP contribution in [0.5, 0.6) is 0 Å². The second-order valence-corrected chi connectivity index (χ2v) is 6.21. The molecule has 0 bridgehead atoms. The molecule has 2 aromatic carbocycles. The Morgan fingerprint density at radius 1 is 0.952 bits per heavy atom. The van der Waals surface area contributed by atoms with Gasteiger partial charge in [0, 0.05) is 27.5 Å². The topological polar surface area (TPSA) is 12.0 Å². The van der Waals surface area contributed by atoms with Crippen LogP contribution in [-0.4, -0.2) is 13.1 Å². The summed E-state index contributed by atoms with van der Waals surface area (Å²) in [6.45, 7) is 3.90. The highest BCUT2D eigenvalue weighted by molar-refractivity contribution is 6.36. The Kier molecular flexibility index (Phi) is 6.38. The van der Waals surface area contributed by atoms with Crippen molar-refractivity contribution in [3.63, 3.8) is 0 Å². The molecule has 1 N–H and O–H groups in total.